The first kappa shape index (κ1) is 72.7. The number of allylic oxidation sites excluding steroid dienone is 1. The number of thiophene rings is 1. The first-order valence-corrected chi connectivity index (χ1v) is 31.2. The van der Waals surface area contributed by atoms with Gasteiger partial charge in [-0.05, 0) is 94.8 Å². The molecular formula is C65H97ClN9O5SSe. The number of hydrogen-bond acceptors (Lipinski definition) is 12. The molecule has 5 aromatic rings. The van der Waals surface area contributed by atoms with Gasteiger partial charge in [-0.25, -0.2) is 0 Å². The number of fused-ring (bicyclic) bond motifs is 2. The van der Waals surface area contributed by atoms with E-state index in [-0.39, 0.29) is 6.47 Å². The molecule has 1 saturated heterocycles. The van der Waals surface area contributed by atoms with Crippen LogP contribution in [0.15, 0.2) is 107 Å². The van der Waals surface area contributed by atoms with Crippen LogP contribution in [0.1, 0.15) is 159 Å². The topological polar surface area (TPSA) is 181 Å². The number of aryl methyl sites for hydroxylation is 1. The Morgan fingerprint density at radius 3 is 2.15 bits per heavy atom. The van der Waals surface area contributed by atoms with Gasteiger partial charge in [0.1, 0.15) is 5.00 Å². The van der Waals surface area contributed by atoms with Gasteiger partial charge in [0.15, 0.2) is 5.84 Å². The van der Waals surface area contributed by atoms with E-state index in [9.17, 15) is 4.79 Å². The van der Waals surface area contributed by atoms with E-state index in [1.54, 1.807) is 17.5 Å². The molecule has 5 heterocycles. The number of anilines is 2. The number of likely N-dealkylation sites (N-methyl/N-ethyl adjacent to an activating group) is 1. The van der Waals surface area contributed by atoms with Crippen molar-refractivity contribution in [1.82, 2.24) is 14.9 Å². The first-order valence-electron chi connectivity index (χ1n) is 29.1. The number of benzene rings is 2. The Morgan fingerprint density at radius 2 is 1.59 bits per heavy atom. The van der Waals surface area contributed by atoms with Crippen LogP contribution in [0.3, 0.4) is 0 Å². The summed E-state index contributed by atoms with van der Waals surface area (Å²) in [6.45, 7) is 37.3. The Labute approximate surface area is 509 Å². The second-order valence-corrected chi connectivity index (χ2v) is 23.7. The Balaban J connectivity index is 0.000000430. The zero-order valence-corrected chi connectivity index (χ0v) is 54.2. The summed E-state index contributed by atoms with van der Waals surface area (Å²) in [5, 5.41) is 27.9. The third-order valence-electron chi connectivity index (χ3n) is 13.5. The molecule has 0 saturated carbocycles. The number of ether oxygens (including phenoxy) is 2. The van der Waals surface area contributed by atoms with E-state index in [0.29, 0.717) is 31.6 Å². The van der Waals surface area contributed by atoms with Crippen LogP contribution in [-0.4, -0.2) is 114 Å². The number of nitrogens with one attached hydrogen (secondary N) is 2. The van der Waals surface area contributed by atoms with Gasteiger partial charge in [0.05, 0.1) is 25.5 Å². The Kier molecular flexibility index (Phi) is 37.5. The maximum absolute atomic E-state index is 11.0. The SMILES string of the molecule is C=C(CCCCCCCCOCCOCCC)Nc1ccc(-c2ccn3ncc(CC=O)c3c2)c([Se])c1.C=CN.C=N/N=C1/CN=C(c2ccc(Cl)cc2)c2c(sc(C)c2C)N1CC.CCC1CCNCC1.CCCC(C)(C)C.O=CO. The number of carbonyl (C=O) groups excluding carboxylic acids is 1. The number of hydrogen-bond donors (Lipinski definition) is 4. The number of pyridine rings is 1. The smallest absolute Gasteiger partial charge is 0.290 e. The maximum Gasteiger partial charge on any atom is 0.290 e. The normalized spacial score (nSPS) is 13.3. The Morgan fingerprint density at radius 1 is 0.939 bits per heavy atom. The van der Waals surface area contributed by atoms with Crippen LogP contribution in [0.25, 0.3) is 16.6 Å². The van der Waals surface area contributed by atoms with E-state index in [4.69, 9.17) is 36.0 Å². The fraction of sp³-hybridized carbons (Fsp3) is 0.508. The van der Waals surface area contributed by atoms with Gasteiger partial charge in [0, 0.05) is 47.5 Å². The molecule has 0 unspecified atom stereocenters. The number of amidine groups is 1. The van der Waals surface area contributed by atoms with Crippen LogP contribution >= 0.6 is 22.9 Å². The van der Waals surface area contributed by atoms with E-state index in [1.807, 2.05) is 41.0 Å². The van der Waals surface area contributed by atoms with E-state index >= 15 is 0 Å². The second kappa shape index (κ2) is 42.4. The number of unbranched alkanes of at least 4 members (excludes halogenated alkanes) is 5. The molecule has 451 valence electrons. The summed E-state index contributed by atoms with van der Waals surface area (Å²) in [5.41, 5.74) is 15.8. The average Bonchev–Trinajstić information content (AvgIpc) is 3.59. The van der Waals surface area contributed by atoms with Crippen LogP contribution in [0.4, 0.5) is 10.7 Å². The summed E-state index contributed by atoms with van der Waals surface area (Å²) in [6.07, 6.45) is 22.3. The van der Waals surface area contributed by atoms with Crippen molar-refractivity contribution in [2.75, 3.05) is 62.8 Å². The van der Waals surface area contributed by atoms with E-state index in [1.165, 1.54) is 98.1 Å². The van der Waals surface area contributed by atoms with Crippen molar-refractivity contribution in [3.05, 3.63) is 124 Å². The van der Waals surface area contributed by atoms with Crippen molar-refractivity contribution in [3.8, 4) is 11.1 Å². The molecule has 2 aromatic carbocycles. The number of halogens is 1. The number of piperidine rings is 1. The standard InChI is InChI=1S/C30H40N3O3Se.C18H19ClN4S.C7H15N.C7H16.C2H5N.CH2O2/c1-3-17-35-19-20-36-18-9-7-5-4-6-8-10-24(2)32-27-11-12-28(30(37)22-27)25-13-15-33-29(21-25)26(14-16-34)23-31-33;1-5-23-15(22-20-4)10-21-17(13-6-8-14(19)9-7-13)16-11(2)12(3)24-18(16)23;1-2-7-3-5-8-6-4-7;1-5-6-7(2,3)4;1-2-3;2-1-3/h11-13,15-16,21-23,32H,2-10,14,17-20H2,1H3;6-9H,4-5,10H2,1-3H3;7-8H,2-6H2,1H3;5-6H2,1-4H3;2H,1,3H2;1H,(H,2,3)/b;22-15-;;;;. The molecule has 17 heteroatoms. The van der Waals surface area contributed by atoms with Gasteiger partial charge in [-0.3, -0.25) is 9.79 Å². The Bertz CT molecular complexity index is 2690. The van der Waals surface area contributed by atoms with Gasteiger partial charge < -0.3 is 30.5 Å². The zero-order chi connectivity index (χ0) is 60.7. The molecule has 1 radical (unpaired) electrons. The van der Waals surface area contributed by atoms with Gasteiger partial charge in [-0.1, -0.05) is 84.7 Å². The summed E-state index contributed by atoms with van der Waals surface area (Å²) < 4.78 is 13.9. The van der Waals surface area contributed by atoms with Crippen LogP contribution in [0.5, 0.6) is 0 Å². The second-order valence-electron chi connectivity index (χ2n) is 21.1. The number of aromatic nitrogens is 2. The van der Waals surface area contributed by atoms with Gasteiger partial charge in [0.25, 0.3) is 6.47 Å². The number of rotatable bonds is 24. The minimum atomic E-state index is -0.250. The van der Waals surface area contributed by atoms with Crippen molar-refractivity contribution in [1.29, 1.82) is 0 Å². The molecule has 14 nitrogen and oxygen atoms in total. The van der Waals surface area contributed by atoms with E-state index in [2.05, 4.69) is 159 Å². The monoisotopic (exact) mass is 1230 g/mol. The van der Waals surface area contributed by atoms with Crippen molar-refractivity contribution in [3.63, 3.8) is 0 Å². The fourth-order valence-electron chi connectivity index (χ4n) is 9.15. The van der Waals surface area contributed by atoms with Gasteiger partial charge >= 0.3 is 181 Å². The number of nitrogens with zero attached hydrogens (tertiary/aromatic N) is 6. The van der Waals surface area contributed by atoms with Crippen LogP contribution in [0, 0.1) is 25.2 Å². The van der Waals surface area contributed by atoms with Gasteiger partial charge in [-0.2, -0.15) is 5.10 Å². The van der Waals surface area contributed by atoms with Crippen molar-refractivity contribution in [2.24, 2.45) is 32.3 Å². The quantitative estimate of drug-likeness (QED) is 0.0153. The molecule has 1 fully saturated rings. The molecule has 0 bridgehead atoms. The van der Waals surface area contributed by atoms with Crippen LogP contribution < -0.4 is 25.7 Å². The van der Waals surface area contributed by atoms with Crippen molar-refractivity contribution < 1.29 is 24.2 Å². The molecule has 3 aromatic heterocycles. The van der Waals surface area contributed by atoms with Crippen LogP contribution in [-0.2, 0) is 25.5 Å². The molecule has 0 spiro atoms. The average molecular weight is 1230 g/mol. The number of carbonyl (C=O) groups is 2. The van der Waals surface area contributed by atoms with Crippen molar-refractivity contribution >= 4 is 90.6 Å². The molecular weight excluding hydrogens is 1130 g/mol. The van der Waals surface area contributed by atoms with Gasteiger partial charge in [0.2, 0.25) is 0 Å². The summed E-state index contributed by atoms with van der Waals surface area (Å²) in [7, 11) is 0. The molecule has 0 aliphatic carbocycles. The third kappa shape index (κ3) is 27.3. The summed E-state index contributed by atoms with van der Waals surface area (Å²) in [6, 6.07) is 18.3. The fourth-order valence-corrected chi connectivity index (χ4v) is 11.2. The largest absolute Gasteiger partial charge is 0.483 e. The zero-order valence-electron chi connectivity index (χ0n) is 50.9. The molecule has 5 N–H and O–H groups in total. The number of aliphatic imine (C=N–C) groups is 1. The molecule has 2 aliphatic heterocycles. The molecule has 2 aliphatic rings. The Hall–Kier alpha value is -5.45. The number of nitrogens with two attached hydrogens (primary N) is 1. The third-order valence-corrected chi connectivity index (χ3v) is 15.6. The minimum absolute atomic E-state index is 0.250. The van der Waals surface area contributed by atoms with Crippen molar-refractivity contribution in [2.45, 2.75) is 152 Å². The number of carboxylic acid groups (broad SMARTS) is 1. The van der Waals surface area contributed by atoms with E-state index < -0.39 is 0 Å². The van der Waals surface area contributed by atoms with E-state index in [0.717, 1.165) is 118 Å². The number of aldehydes is 1. The summed E-state index contributed by atoms with van der Waals surface area (Å²) in [5.74, 6) is 1.84. The predicted octanol–water partition coefficient (Wildman–Crippen LogP) is 14.4. The minimum Gasteiger partial charge on any atom is -0.483 e. The first-order chi connectivity index (χ1) is 39.5. The molecule has 0 amide bonds. The maximum atomic E-state index is 11.0. The predicted molar refractivity (Wildman–Crippen MR) is 352 cm³/mol. The summed E-state index contributed by atoms with van der Waals surface area (Å²) in [4.78, 5) is 27.7. The van der Waals surface area contributed by atoms with Gasteiger partial charge in [-0.15, -0.1) is 16.4 Å². The molecule has 0 atom stereocenters. The molecule has 82 heavy (non-hydrogen) atoms. The van der Waals surface area contributed by atoms with Crippen LogP contribution in [0.2, 0.25) is 5.02 Å². The summed E-state index contributed by atoms with van der Waals surface area (Å²) >= 11 is 11.0. The molecule has 7 rings (SSSR count).